The summed E-state index contributed by atoms with van der Waals surface area (Å²) in [6, 6.07) is 5.91. The van der Waals surface area contributed by atoms with Gasteiger partial charge in [0.25, 0.3) is 0 Å². The molecule has 5 heteroatoms. The molecule has 2 rings (SSSR count). The lowest BCUT2D eigenvalue weighted by Crippen LogP contribution is -2.11. The molecule has 2 aromatic rings. The second-order valence-electron chi connectivity index (χ2n) is 3.65. The van der Waals surface area contributed by atoms with E-state index in [1.54, 1.807) is 12.1 Å². The van der Waals surface area contributed by atoms with Crippen molar-refractivity contribution in [3.05, 3.63) is 47.8 Å². The van der Waals surface area contributed by atoms with E-state index in [-0.39, 0.29) is 5.69 Å². The molecular formula is C12H11F3N2. The summed E-state index contributed by atoms with van der Waals surface area (Å²) in [7, 11) is 0. The van der Waals surface area contributed by atoms with E-state index in [1.165, 1.54) is 29.2 Å². The Morgan fingerprint density at radius 3 is 2.59 bits per heavy atom. The highest BCUT2D eigenvalue weighted by Gasteiger charge is 2.34. The molecule has 17 heavy (non-hydrogen) atoms. The fourth-order valence-electron chi connectivity index (χ4n) is 1.64. The first-order valence-electron chi connectivity index (χ1n) is 5.22. The number of halogens is 3. The SMILES string of the molecule is CCc1ccc(-n2cccn2)c(C(F)(F)F)c1. The van der Waals surface area contributed by atoms with Gasteiger partial charge in [-0.1, -0.05) is 13.0 Å². The second-order valence-corrected chi connectivity index (χ2v) is 3.65. The molecule has 0 fully saturated rings. The highest BCUT2D eigenvalue weighted by molar-refractivity contribution is 5.44. The summed E-state index contributed by atoms with van der Waals surface area (Å²) in [6.45, 7) is 1.82. The van der Waals surface area contributed by atoms with E-state index >= 15 is 0 Å². The maximum absolute atomic E-state index is 12.9. The van der Waals surface area contributed by atoms with Crippen molar-refractivity contribution >= 4 is 0 Å². The van der Waals surface area contributed by atoms with Crippen molar-refractivity contribution in [2.24, 2.45) is 0 Å². The smallest absolute Gasteiger partial charge is 0.240 e. The topological polar surface area (TPSA) is 17.8 Å². The molecule has 0 spiro atoms. The summed E-state index contributed by atoms with van der Waals surface area (Å²) < 4.78 is 40.0. The van der Waals surface area contributed by atoms with Gasteiger partial charge in [0.1, 0.15) is 0 Å². The molecule has 2 nitrogen and oxygen atoms in total. The van der Waals surface area contributed by atoms with Gasteiger partial charge >= 0.3 is 6.18 Å². The number of alkyl halides is 3. The molecule has 90 valence electrons. The maximum Gasteiger partial charge on any atom is 0.418 e. The average molecular weight is 240 g/mol. The van der Waals surface area contributed by atoms with E-state index in [9.17, 15) is 13.2 Å². The third kappa shape index (κ3) is 2.33. The highest BCUT2D eigenvalue weighted by Crippen LogP contribution is 2.34. The molecule has 0 saturated carbocycles. The predicted octanol–water partition coefficient (Wildman–Crippen LogP) is 3.45. The monoisotopic (exact) mass is 240 g/mol. The Balaban J connectivity index is 2.59. The van der Waals surface area contributed by atoms with Crippen LogP contribution in [-0.4, -0.2) is 9.78 Å². The quantitative estimate of drug-likeness (QED) is 0.786. The Bertz CT molecular complexity index is 501. The number of aromatic nitrogens is 2. The van der Waals surface area contributed by atoms with Crippen LogP contribution in [0, 0.1) is 0 Å². The van der Waals surface area contributed by atoms with Gasteiger partial charge in [-0.25, -0.2) is 4.68 Å². The molecule has 0 bridgehead atoms. The van der Waals surface area contributed by atoms with Crippen molar-refractivity contribution in [3.63, 3.8) is 0 Å². The van der Waals surface area contributed by atoms with E-state index < -0.39 is 11.7 Å². The standard InChI is InChI=1S/C12H11F3N2/c1-2-9-4-5-11(17-7-3-6-16-17)10(8-9)12(13,14)15/h3-8H,2H2,1H3. The second kappa shape index (κ2) is 4.24. The molecule has 0 atom stereocenters. The van der Waals surface area contributed by atoms with Crippen LogP contribution in [0.1, 0.15) is 18.1 Å². The van der Waals surface area contributed by atoms with Gasteiger partial charge in [0, 0.05) is 12.4 Å². The molecule has 0 aliphatic rings. The van der Waals surface area contributed by atoms with Crippen LogP contribution in [0.25, 0.3) is 5.69 Å². The number of nitrogens with zero attached hydrogens (tertiary/aromatic N) is 2. The zero-order valence-corrected chi connectivity index (χ0v) is 9.20. The Hall–Kier alpha value is -1.78. The van der Waals surface area contributed by atoms with E-state index in [2.05, 4.69) is 5.10 Å². The minimum absolute atomic E-state index is 0.0553. The summed E-state index contributed by atoms with van der Waals surface area (Å²) >= 11 is 0. The van der Waals surface area contributed by atoms with Crippen LogP contribution in [0.4, 0.5) is 13.2 Å². The molecule has 0 saturated heterocycles. The van der Waals surface area contributed by atoms with Crippen LogP contribution in [0.5, 0.6) is 0 Å². The Morgan fingerprint density at radius 2 is 2.06 bits per heavy atom. The summed E-state index contributed by atoms with van der Waals surface area (Å²) in [5, 5.41) is 3.83. The van der Waals surface area contributed by atoms with Gasteiger partial charge < -0.3 is 0 Å². The fraction of sp³-hybridized carbons (Fsp3) is 0.250. The van der Waals surface area contributed by atoms with Gasteiger partial charge in [-0.15, -0.1) is 0 Å². The van der Waals surface area contributed by atoms with Crippen molar-refractivity contribution in [1.29, 1.82) is 0 Å². The average Bonchev–Trinajstić information content (AvgIpc) is 2.80. The minimum Gasteiger partial charge on any atom is -0.240 e. The third-order valence-corrected chi connectivity index (χ3v) is 2.53. The van der Waals surface area contributed by atoms with Crippen molar-refractivity contribution in [2.45, 2.75) is 19.5 Å². The van der Waals surface area contributed by atoms with Crippen molar-refractivity contribution in [2.75, 3.05) is 0 Å². The van der Waals surface area contributed by atoms with Gasteiger partial charge in [0.2, 0.25) is 0 Å². The van der Waals surface area contributed by atoms with Gasteiger partial charge in [0.15, 0.2) is 0 Å². The molecule has 0 amide bonds. The molecule has 0 N–H and O–H groups in total. The number of rotatable bonds is 2. The van der Waals surface area contributed by atoms with E-state index in [0.717, 1.165) is 0 Å². The molecule has 0 unspecified atom stereocenters. The lowest BCUT2D eigenvalue weighted by molar-refractivity contribution is -0.137. The van der Waals surface area contributed by atoms with E-state index in [4.69, 9.17) is 0 Å². The molecule has 1 aromatic heterocycles. The van der Waals surface area contributed by atoms with Crippen LogP contribution in [0.3, 0.4) is 0 Å². The van der Waals surface area contributed by atoms with Crippen LogP contribution in [0.15, 0.2) is 36.7 Å². The van der Waals surface area contributed by atoms with Crippen molar-refractivity contribution in [1.82, 2.24) is 9.78 Å². The molecule has 0 aliphatic heterocycles. The van der Waals surface area contributed by atoms with Gasteiger partial charge in [-0.05, 0) is 30.2 Å². The first-order chi connectivity index (χ1) is 8.02. The largest absolute Gasteiger partial charge is 0.418 e. The van der Waals surface area contributed by atoms with Crippen LogP contribution in [0.2, 0.25) is 0 Å². The normalized spacial score (nSPS) is 11.8. The third-order valence-electron chi connectivity index (χ3n) is 2.53. The lowest BCUT2D eigenvalue weighted by Gasteiger charge is -2.14. The summed E-state index contributed by atoms with van der Waals surface area (Å²) in [5.74, 6) is 0. The number of benzene rings is 1. The number of aryl methyl sites for hydroxylation is 1. The highest BCUT2D eigenvalue weighted by atomic mass is 19.4. The molecule has 1 heterocycles. The summed E-state index contributed by atoms with van der Waals surface area (Å²) in [6.07, 6.45) is -0.848. The minimum atomic E-state index is -4.37. The molecule has 1 aromatic carbocycles. The first kappa shape index (κ1) is 11.7. The van der Waals surface area contributed by atoms with Gasteiger partial charge in [-0.3, -0.25) is 0 Å². The molecular weight excluding hydrogens is 229 g/mol. The van der Waals surface area contributed by atoms with E-state index in [0.29, 0.717) is 12.0 Å². The Kier molecular flexibility index (Phi) is 2.92. The fourth-order valence-corrected chi connectivity index (χ4v) is 1.64. The lowest BCUT2D eigenvalue weighted by atomic mass is 10.1. The van der Waals surface area contributed by atoms with Gasteiger partial charge in [-0.2, -0.15) is 18.3 Å². The number of hydrogen-bond acceptors (Lipinski definition) is 1. The zero-order valence-electron chi connectivity index (χ0n) is 9.20. The van der Waals surface area contributed by atoms with Gasteiger partial charge in [0.05, 0.1) is 11.3 Å². The van der Waals surface area contributed by atoms with E-state index in [1.807, 2.05) is 6.92 Å². The molecule has 0 aliphatic carbocycles. The summed E-state index contributed by atoms with van der Waals surface area (Å²) in [5.41, 5.74) is 0.0634. The van der Waals surface area contributed by atoms with Crippen molar-refractivity contribution in [3.8, 4) is 5.69 Å². The Labute approximate surface area is 96.7 Å². The van der Waals surface area contributed by atoms with Crippen molar-refractivity contribution < 1.29 is 13.2 Å². The molecule has 0 radical (unpaired) electrons. The van der Waals surface area contributed by atoms with Crippen LogP contribution in [-0.2, 0) is 12.6 Å². The maximum atomic E-state index is 12.9. The first-order valence-corrected chi connectivity index (χ1v) is 5.22. The Morgan fingerprint density at radius 1 is 1.29 bits per heavy atom. The number of hydrogen-bond donors (Lipinski definition) is 0. The van der Waals surface area contributed by atoms with Crippen LogP contribution >= 0.6 is 0 Å². The summed E-state index contributed by atoms with van der Waals surface area (Å²) in [4.78, 5) is 0. The zero-order chi connectivity index (χ0) is 12.5. The predicted molar refractivity (Wildman–Crippen MR) is 57.9 cm³/mol. The van der Waals surface area contributed by atoms with Crippen LogP contribution < -0.4 is 0 Å².